The molecule has 2 aliphatic heterocycles. The highest BCUT2D eigenvalue weighted by Gasteiger charge is 2.21. The molecule has 2 aliphatic rings. The van der Waals surface area contributed by atoms with Crippen LogP contribution in [0.1, 0.15) is 26.7 Å². The van der Waals surface area contributed by atoms with E-state index < -0.39 is 0 Å². The molecule has 0 spiro atoms. The van der Waals surface area contributed by atoms with Crippen LogP contribution in [-0.2, 0) is 4.74 Å². The molecule has 0 saturated carbocycles. The topological polar surface area (TPSA) is 52.1 Å². The van der Waals surface area contributed by atoms with Crippen molar-refractivity contribution >= 4 is 29.9 Å². The summed E-state index contributed by atoms with van der Waals surface area (Å²) in [7, 11) is 0. The first-order valence-electron chi connectivity index (χ1n) is 9.36. The summed E-state index contributed by atoms with van der Waals surface area (Å²) in [6.45, 7) is 15.7. The van der Waals surface area contributed by atoms with E-state index in [1.165, 1.54) is 32.5 Å². The number of nitrogens with one attached hydrogen (secondary N) is 2. The minimum absolute atomic E-state index is 0. The second-order valence-corrected chi connectivity index (χ2v) is 6.56. The largest absolute Gasteiger partial charge is 0.379 e. The third kappa shape index (κ3) is 8.31. The van der Waals surface area contributed by atoms with Crippen LogP contribution in [-0.4, -0.2) is 87.9 Å². The lowest BCUT2D eigenvalue weighted by molar-refractivity contribution is 0.0389. The Bertz CT molecular complexity index is 350. The van der Waals surface area contributed by atoms with Gasteiger partial charge in [0.25, 0.3) is 0 Å². The van der Waals surface area contributed by atoms with Gasteiger partial charge in [0.1, 0.15) is 0 Å². The number of guanidine groups is 1. The third-order valence-corrected chi connectivity index (χ3v) is 4.59. The van der Waals surface area contributed by atoms with Crippen molar-refractivity contribution in [2.45, 2.75) is 26.7 Å². The van der Waals surface area contributed by atoms with Gasteiger partial charge in [-0.15, -0.1) is 24.0 Å². The van der Waals surface area contributed by atoms with Crippen LogP contribution in [0.25, 0.3) is 0 Å². The standard InChI is InChI=1S/C17H35N5O.HI/c1-3-7-22-8-5-16(15-22)14-20-17(18-4-2)19-6-9-21-10-12-23-13-11-21;/h16H,3-15H2,1-2H3,(H2,18,19,20);1H. The maximum Gasteiger partial charge on any atom is 0.191 e. The number of rotatable bonds is 8. The first-order valence-corrected chi connectivity index (χ1v) is 9.36. The summed E-state index contributed by atoms with van der Waals surface area (Å²) in [4.78, 5) is 9.81. The molecule has 0 radical (unpaired) electrons. The number of aliphatic imine (C=N–C) groups is 1. The van der Waals surface area contributed by atoms with Gasteiger partial charge in [-0.2, -0.15) is 0 Å². The molecule has 1 atom stereocenters. The van der Waals surface area contributed by atoms with Crippen LogP contribution in [0, 0.1) is 5.92 Å². The van der Waals surface area contributed by atoms with Gasteiger partial charge in [-0.05, 0) is 38.8 Å². The lowest BCUT2D eigenvalue weighted by Gasteiger charge is -2.26. The number of ether oxygens (including phenoxy) is 1. The summed E-state index contributed by atoms with van der Waals surface area (Å²) in [5, 5.41) is 6.83. The van der Waals surface area contributed by atoms with Crippen LogP contribution in [0.2, 0.25) is 0 Å². The lowest BCUT2D eigenvalue weighted by atomic mass is 10.1. The molecule has 2 rings (SSSR count). The molecule has 0 aliphatic carbocycles. The van der Waals surface area contributed by atoms with Crippen molar-refractivity contribution in [3.05, 3.63) is 0 Å². The highest BCUT2D eigenvalue weighted by atomic mass is 127. The van der Waals surface area contributed by atoms with Gasteiger partial charge in [-0.25, -0.2) is 0 Å². The van der Waals surface area contributed by atoms with Crippen LogP contribution in [0.5, 0.6) is 0 Å². The molecule has 1 unspecified atom stereocenters. The fourth-order valence-corrected chi connectivity index (χ4v) is 3.30. The number of likely N-dealkylation sites (tertiary alicyclic amines) is 1. The van der Waals surface area contributed by atoms with Crippen molar-refractivity contribution in [2.75, 3.05) is 72.1 Å². The van der Waals surface area contributed by atoms with E-state index in [2.05, 4.69) is 34.3 Å². The molecule has 24 heavy (non-hydrogen) atoms. The summed E-state index contributed by atoms with van der Waals surface area (Å²) >= 11 is 0. The quantitative estimate of drug-likeness (QED) is 0.329. The molecule has 0 amide bonds. The highest BCUT2D eigenvalue weighted by molar-refractivity contribution is 14.0. The van der Waals surface area contributed by atoms with Crippen molar-refractivity contribution in [1.82, 2.24) is 20.4 Å². The Kier molecular flexibility index (Phi) is 12.0. The summed E-state index contributed by atoms with van der Waals surface area (Å²) in [5.41, 5.74) is 0. The second kappa shape index (κ2) is 13.1. The van der Waals surface area contributed by atoms with E-state index in [-0.39, 0.29) is 24.0 Å². The van der Waals surface area contributed by atoms with E-state index in [1.54, 1.807) is 0 Å². The number of halogens is 1. The minimum atomic E-state index is 0. The molecular formula is C17H36IN5O. The van der Waals surface area contributed by atoms with Gasteiger partial charge in [0.05, 0.1) is 13.2 Å². The van der Waals surface area contributed by atoms with E-state index in [9.17, 15) is 0 Å². The molecule has 7 heteroatoms. The van der Waals surface area contributed by atoms with E-state index in [0.29, 0.717) is 0 Å². The van der Waals surface area contributed by atoms with Crippen molar-refractivity contribution in [3.63, 3.8) is 0 Å². The van der Waals surface area contributed by atoms with Crippen molar-refractivity contribution in [2.24, 2.45) is 10.9 Å². The van der Waals surface area contributed by atoms with Crippen molar-refractivity contribution in [1.29, 1.82) is 0 Å². The molecule has 2 heterocycles. The molecule has 142 valence electrons. The zero-order valence-corrected chi connectivity index (χ0v) is 17.8. The Hall–Kier alpha value is -0.120. The first-order chi connectivity index (χ1) is 11.3. The number of nitrogens with zero attached hydrogens (tertiary/aromatic N) is 3. The molecule has 2 N–H and O–H groups in total. The van der Waals surface area contributed by atoms with E-state index in [4.69, 9.17) is 9.73 Å². The van der Waals surface area contributed by atoms with Gasteiger partial charge >= 0.3 is 0 Å². The van der Waals surface area contributed by atoms with Gasteiger partial charge in [0, 0.05) is 45.8 Å². The van der Waals surface area contributed by atoms with Crippen LogP contribution in [0.15, 0.2) is 4.99 Å². The van der Waals surface area contributed by atoms with E-state index in [0.717, 1.165) is 64.4 Å². The fraction of sp³-hybridized carbons (Fsp3) is 0.941. The van der Waals surface area contributed by atoms with Crippen LogP contribution >= 0.6 is 24.0 Å². The Morgan fingerprint density at radius 1 is 1.08 bits per heavy atom. The number of hydrogen-bond donors (Lipinski definition) is 2. The van der Waals surface area contributed by atoms with Gasteiger partial charge in [0.15, 0.2) is 5.96 Å². The zero-order chi connectivity index (χ0) is 16.3. The molecule has 0 aromatic carbocycles. The zero-order valence-electron chi connectivity index (χ0n) is 15.4. The Balaban J connectivity index is 0.00000288. The van der Waals surface area contributed by atoms with Crippen LogP contribution in [0.4, 0.5) is 0 Å². The molecule has 0 aromatic heterocycles. The average Bonchev–Trinajstić information content (AvgIpc) is 3.02. The summed E-state index contributed by atoms with van der Waals surface area (Å²) in [6.07, 6.45) is 2.54. The predicted octanol–water partition coefficient (Wildman–Crippen LogP) is 1.22. The molecular weight excluding hydrogens is 417 g/mol. The summed E-state index contributed by atoms with van der Waals surface area (Å²) in [6, 6.07) is 0. The highest BCUT2D eigenvalue weighted by Crippen LogP contribution is 2.16. The Morgan fingerprint density at radius 3 is 2.58 bits per heavy atom. The first kappa shape index (κ1) is 21.9. The minimum Gasteiger partial charge on any atom is -0.379 e. The number of hydrogen-bond acceptors (Lipinski definition) is 4. The summed E-state index contributed by atoms with van der Waals surface area (Å²) < 4.78 is 5.39. The predicted molar refractivity (Wildman–Crippen MR) is 111 cm³/mol. The van der Waals surface area contributed by atoms with Crippen molar-refractivity contribution in [3.8, 4) is 0 Å². The lowest BCUT2D eigenvalue weighted by Crippen LogP contribution is -2.44. The normalized spacial score (nSPS) is 23.1. The molecule has 2 saturated heterocycles. The molecule has 6 nitrogen and oxygen atoms in total. The van der Waals surface area contributed by atoms with Gasteiger partial charge in [-0.3, -0.25) is 9.89 Å². The maximum absolute atomic E-state index is 5.39. The monoisotopic (exact) mass is 453 g/mol. The maximum atomic E-state index is 5.39. The van der Waals surface area contributed by atoms with E-state index in [1.807, 2.05) is 0 Å². The van der Waals surface area contributed by atoms with Gasteiger partial charge < -0.3 is 20.3 Å². The average molecular weight is 453 g/mol. The number of morpholine rings is 1. The van der Waals surface area contributed by atoms with E-state index >= 15 is 0 Å². The van der Waals surface area contributed by atoms with Gasteiger partial charge in [0.2, 0.25) is 0 Å². The smallest absolute Gasteiger partial charge is 0.191 e. The molecule has 2 fully saturated rings. The third-order valence-electron chi connectivity index (χ3n) is 4.59. The van der Waals surface area contributed by atoms with Gasteiger partial charge in [-0.1, -0.05) is 6.92 Å². The SMILES string of the molecule is CCCN1CCC(CN=C(NCC)NCCN2CCOCC2)C1.I. The Labute approximate surface area is 164 Å². The Morgan fingerprint density at radius 2 is 1.88 bits per heavy atom. The van der Waals surface area contributed by atoms with Crippen LogP contribution in [0.3, 0.4) is 0 Å². The molecule has 0 bridgehead atoms. The second-order valence-electron chi connectivity index (χ2n) is 6.56. The van der Waals surface area contributed by atoms with Crippen LogP contribution < -0.4 is 10.6 Å². The summed E-state index contributed by atoms with van der Waals surface area (Å²) in [5.74, 6) is 1.69. The molecule has 0 aromatic rings. The fourth-order valence-electron chi connectivity index (χ4n) is 3.30. The van der Waals surface area contributed by atoms with Crippen molar-refractivity contribution < 1.29 is 4.74 Å².